The van der Waals surface area contributed by atoms with Gasteiger partial charge in [0, 0.05) is 32.7 Å². The minimum atomic E-state index is 0.182. The van der Waals surface area contributed by atoms with E-state index in [4.69, 9.17) is 0 Å². The number of aromatic nitrogens is 2. The number of thioether (sulfide) groups is 1. The molecule has 0 atom stereocenters. The number of hydrogen-bond donors (Lipinski definition) is 1. The normalized spacial score (nSPS) is 15.5. The van der Waals surface area contributed by atoms with E-state index >= 15 is 0 Å². The minimum Gasteiger partial charge on any atom is -0.356 e. The molecule has 0 aliphatic carbocycles. The quantitative estimate of drug-likeness (QED) is 0.793. The van der Waals surface area contributed by atoms with Crippen LogP contribution < -0.4 is 5.32 Å². The average Bonchev–Trinajstić information content (AvgIpc) is 3.07. The van der Waals surface area contributed by atoms with Gasteiger partial charge in [-0.3, -0.25) is 4.79 Å². The van der Waals surface area contributed by atoms with Crippen molar-refractivity contribution in [1.82, 2.24) is 20.0 Å². The second kappa shape index (κ2) is 8.46. The number of piperazine rings is 1. The molecule has 0 bridgehead atoms. The standard InChI is InChI=1S/C16H21N5OS2/c1-20-7-9-21(10-8-20)14(22)12-23-16-19-18-15(24-16)17-11-13-5-3-2-4-6-13/h2-6H,7-12H2,1H3,(H,17,18). The van der Waals surface area contributed by atoms with Gasteiger partial charge in [0.1, 0.15) is 0 Å². The number of carbonyl (C=O) groups is 1. The Kier molecular flexibility index (Phi) is 6.06. The van der Waals surface area contributed by atoms with Crippen molar-refractivity contribution >= 4 is 34.1 Å². The van der Waals surface area contributed by atoms with E-state index in [-0.39, 0.29) is 5.91 Å². The molecular formula is C16H21N5OS2. The van der Waals surface area contributed by atoms with Gasteiger partial charge in [0.25, 0.3) is 0 Å². The van der Waals surface area contributed by atoms with Crippen LogP contribution in [0.1, 0.15) is 5.56 Å². The smallest absolute Gasteiger partial charge is 0.233 e. The molecule has 1 fully saturated rings. The Morgan fingerprint density at radius 2 is 1.96 bits per heavy atom. The third kappa shape index (κ3) is 4.93. The predicted molar refractivity (Wildman–Crippen MR) is 98.5 cm³/mol. The molecule has 1 aliphatic heterocycles. The zero-order chi connectivity index (χ0) is 16.8. The van der Waals surface area contributed by atoms with E-state index in [2.05, 4.69) is 39.6 Å². The van der Waals surface area contributed by atoms with Gasteiger partial charge >= 0.3 is 0 Å². The van der Waals surface area contributed by atoms with Gasteiger partial charge in [-0.05, 0) is 12.6 Å². The summed E-state index contributed by atoms with van der Waals surface area (Å²) < 4.78 is 0.827. The first-order valence-electron chi connectivity index (χ1n) is 7.91. The van der Waals surface area contributed by atoms with Crippen LogP contribution >= 0.6 is 23.1 Å². The lowest BCUT2D eigenvalue weighted by molar-refractivity contribution is -0.129. The van der Waals surface area contributed by atoms with Crippen molar-refractivity contribution in [2.75, 3.05) is 44.3 Å². The highest BCUT2D eigenvalue weighted by molar-refractivity contribution is 8.01. The van der Waals surface area contributed by atoms with E-state index in [9.17, 15) is 4.79 Å². The van der Waals surface area contributed by atoms with Gasteiger partial charge in [-0.25, -0.2) is 0 Å². The maximum atomic E-state index is 12.2. The minimum absolute atomic E-state index is 0.182. The van der Waals surface area contributed by atoms with Crippen molar-refractivity contribution in [3.05, 3.63) is 35.9 Å². The van der Waals surface area contributed by atoms with Crippen molar-refractivity contribution in [2.24, 2.45) is 0 Å². The van der Waals surface area contributed by atoms with E-state index < -0.39 is 0 Å². The molecule has 1 aromatic heterocycles. The monoisotopic (exact) mass is 363 g/mol. The number of amides is 1. The number of carbonyl (C=O) groups excluding carboxylic acids is 1. The highest BCUT2D eigenvalue weighted by Crippen LogP contribution is 2.26. The molecule has 2 aromatic rings. The van der Waals surface area contributed by atoms with Crippen molar-refractivity contribution < 1.29 is 4.79 Å². The first-order valence-corrected chi connectivity index (χ1v) is 9.71. The van der Waals surface area contributed by atoms with Crippen molar-refractivity contribution in [2.45, 2.75) is 10.9 Å². The number of rotatable bonds is 6. The summed E-state index contributed by atoms with van der Waals surface area (Å²) in [6.45, 7) is 4.25. The lowest BCUT2D eigenvalue weighted by Crippen LogP contribution is -2.47. The zero-order valence-electron chi connectivity index (χ0n) is 13.6. The maximum Gasteiger partial charge on any atom is 0.233 e. The summed E-state index contributed by atoms with van der Waals surface area (Å²) in [6.07, 6.45) is 0. The Morgan fingerprint density at radius 3 is 2.71 bits per heavy atom. The molecule has 1 saturated heterocycles. The van der Waals surface area contributed by atoms with Gasteiger partial charge in [0.05, 0.1) is 5.75 Å². The van der Waals surface area contributed by atoms with E-state index in [1.807, 2.05) is 23.1 Å². The average molecular weight is 364 g/mol. The van der Waals surface area contributed by atoms with Gasteiger partial charge in [-0.1, -0.05) is 53.4 Å². The number of likely N-dealkylation sites (N-methyl/N-ethyl adjacent to an activating group) is 1. The molecule has 1 N–H and O–H groups in total. The lowest BCUT2D eigenvalue weighted by atomic mass is 10.2. The van der Waals surface area contributed by atoms with Gasteiger partial charge in [0.2, 0.25) is 11.0 Å². The number of hydrogen-bond acceptors (Lipinski definition) is 7. The molecular weight excluding hydrogens is 342 g/mol. The maximum absolute atomic E-state index is 12.2. The second-order valence-electron chi connectivity index (χ2n) is 5.69. The van der Waals surface area contributed by atoms with Crippen LogP contribution in [0.25, 0.3) is 0 Å². The molecule has 0 spiro atoms. The van der Waals surface area contributed by atoms with Gasteiger partial charge < -0.3 is 15.1 Å². The Bertz CT molecular complexity index is 655. The molecule has 0 unspecified atom stereocenters. The number of anilines is 1. The summed E-state index contributed by atoms with van der Waals surface area (Å²) in [5, 5.41) is 12.3. The van der Waals surface area contributed by atoms with E-state index in [0.29, 0.717) is 5.75 Å². The van der Waals surface area contributed by atoms with Gasteiger partial charge in [-0.2, -0.15) is 0 Å². The first kappa shape index (κ1) is 17.2. The van der Waals surface area contributed by atoms with Crippen LogP contribution in [0.2, 0.25) is 0 Å². The Labute approximate surface area is 150 Å². The largest absolute Gasteiger partial charge is 0.356 e. The third-order valence-electron chi connectivity index (χ3n) is 3.87. The first-order chi connectivity index (χ1) is 11.7. The Hall–Kier alpha value is -1.64. The Balaban J connectivity index is 1.43. The molecule has 6 nitrogen and oxygen atoms in total. The Morgan fingerprint density at radius 1 is 1.21 bits per heavy atom. The predicted octanol–water partition coefficient (Wildman–Crippen LogP) is 2.02. The lowest BCUT2D eigenvalue weighted by Gasteiger charge is -2.32. The van der Waals surface area contributed by atoms with Crippen LogP contribution in [-0.4, -0.2) is 64.9 Å². The molecule has 0 saturated carbocycles. The van der Waals surface area contributed by atoms with Crippen molar-refractivity contribution in [3.63, 3.8) is 0 Å². The SMILES string of the molecule is CN1CCN(C(=O)CSc2nnc(NCc3ccccc3)s2)CC1. The topological polar surface area (TPSA) is 61.4 Å². The van der Waals surface area contributed by atoms with Crippen LogP contribution in [0.3, 0.4) is 0 Å². The fourth-order valence-electron chi connectivity index (χ4n) is 2.38. The fourth-order valence-corrected chi connectivity index (χ4v) is 4.03. The fraction of sp³-hybridized carbons (Fsp3) is 0.438. The van der Waals surface area contributed by atoms with Crippen LogP contribution in [0.15, 0.2) is 34.7 Å². The molecule has 24 heavy (non-hydrogen) atoms. The molecule has 128 valence electrons. The summed E-state index contributed by atoms with van der Waals surface area (Å²) >= 11 is 2.96. The van der Waals surface area contributed by atoms with E-state index in [0.717, 1.165) is 42.2 Å². The number of benzene rings is 1. The second-order valence-corrected chi connectivity index (χ2v) is 7.88. The highest BCUT2D eigenvalue weighted by atomic mass is 32.2. The molecule has 1 aliphatic rings. The summed E-state index contributed by atoms with van der Waals surface area (Å²) in [6, 6.07) is 10.2. The number of nitrogens with one attached hydrogen (secondary N) is 1. The molecule has 0 radical (unpaired) electrons. The summed E-state index contributed by atoms with van der Waals surface area (Å²) in [7, 11) is 2.09. The summed E-state index contributed by atoms with van der Waals surface area (Å²) in [5.74, 6) is 0.610. The van der Waals surface area contributed by atoms with E-state index in [1.54, 1.807) is 0 Å². The molecule has 3 rings (SSSR count). The van der Waals surface area contributed by atoms with Crippen LogP contribution in [0.5, 0.6) is 0 Å². The summed E-state index contributed by atoms with van der Waals surface area (Å²) in [5.41, 5.74) is 1.20. The third-order valence-corrected chi connectivity index (χ3v) is 5.87. The zero-order valence-corrected chi connectivity index (χ0v) is 15.3. The molecule has 2 heterocycles. The highest BCUT2D eigenvalue weighted by Gasteiger charge is 2.19. The van der Waals surface area contributed by atoms with E-state index in [1.165, 1.54) is 28.7 Å². The van der Waals surface area contributed by atoms with Crippen molar-refractivity contribution in [3.8, 4) is 0 Å². The van der Waals surface area contributed by atoms with Crippen LogP contribution in [0, 0.1) is 0 Å². The van der Waals surface area contributed by atoms with Crippen molar-refractivity contribution in [1.29, 1.82) is 0 Å². The number of nitrogens with zero attached hydrogens (tertiary/aromatic N) is 4. The van der Waals surface area contributed by atoms with Gasteiger partial charge in [-0.15, -0.1) is 10.2 Å². The summed E-state index contributed by atoms with van der Waals surface area (Å²) in [4.78, 5) is 16.4. The molecule has 8 heteroatoms. The van der Waals surface area contributed by atoms with Crippen LogP contribution in [-0.2, 0) is 11.3 Å². The van der Waals surface area contributed by atoms with Gasteiger partial charge in [0.15, 0.2) is 4.34 Å². The van der Waals surface area contributed by atoms with Crippen LogP contribution in [0.4, 0.5) is 5.13 Å². The molecule has 1 amide bonds. The molecule has 1 aromatic carbocycles.